The van der Waals surface area contributed by atoms with E-state index in [1.807, 2.05) is 0 Å². The molecule has 0 radical (unpaired) electrons. The van der Waals surface area contributed by atoms with Gasteiger partial charge in [-0.1, -0.05) is 0 Å². The van der Waals surface area contributed by atoms with E-state index in [2.05, 4.69) is 0 Å². The summed E-state index contributed by atoms with van der Waals surface area (Å²) in [5.74, 6) is -36.4. The Kier molecular flexibility index (Phi) is 7.99. The second-order valence-corrected chi connectivity index (χ2v) is 8.73. The summed E-state index contributed by atoms with van der Waals surface area (Å²) in [5.41, 5.74) is -16.9. The maximum atomic E-state index is 15.0. The fraction of sp³-hybridized carbons (Fsp3) is 0.0357. The smallest absolute Gasteiger partial charge is 0.200 e. The molecule has 17 heteroatoms. The number of nitrogens with zero attached hydrogens (tertiary/aromatic N) is 3. The normalized spacial score (nSPS) is 14.5. The van der Waals surface area contributed by atoms with Crippen molar-refractivity contribution in [3.05, 3.63) is 120 Å². The molecule has 1 aliphatic carbocycles. The number of halogens is 14. The van der Waals surface area contributed by atoms with E-state index >= 15 is 4.39 Å². The van der Waals surface area contributed by atoms with Gasteiger partial charge < -0.3 is 0 Å². The summed E-state index contributed by atoms with van der Waals surface area (Å²) in [7, 11) is 0. The minimum Gasteiger partial charge on any atom is -0.206 e. The van der Waals surface area contributed by atoms with Gasteiger partial charge >= 0.3 is 0 Å². The largest absolute Gasteiger partial charge is 0.206 e. The lowest BCUT2D eigenvalue weighted by atomic mass is 9.99. The molecule has 45 heavy (non-hydrogen) atoms. The molecule has 0 N–H and O–H groups in total. The second-order valence-electron chi connectivity index (χ2n) is 8.73. The summed E-state index contributed by atoms with van der Waals surface area (Å²) in [6, 6.07) is 2.85. The first-order valence-corrected chi connectivity index (χ1v) is 11.3. The third-order valence-electron chi connectivity index (χ3n) is 6.43. The van der Waals surface area contributed by atoms with Gasteiger partial charge in [0.2, 0.25) is 11.6 Å². The molecule has 0 heterocycles. The van der Waals surface area contributed by atoms with E-state index in [0.29, 0.717) is 6.92 Å². The Balaban J connectivity index is 2.36. The van der Waals surface area contributed by atoms with Gasteiger partial charge in [0.1, 0.15) is 24.0 Å². The molecule has 0 saturated heterocycles. The Labute approximate surface area is 240 Å². The maximum Gasteiger partial charge on any atom is 0.200 e. The van der Waals surface area contributed by atoms with Crippen LogP contribution in [-0.4, -0.2) is 0 Å². The highest BCUT2D eigenvalue weighted by atomic mass is 19.2. The van der Waals surface area contributed by atoms with E-state index < -0.39 is 137 Å². The molecule has 3 nitrogen and oxygen atoms in total. The average Bonchev–Trinajstić information content (AvgIpc) is 3.74. The monoisotopic (exact) mass is 647 g/mol. The van der Waals surface area contributed by atoms with Crippen molar-refractivity contribution in [2.24, 2.45) is 0 Å². The molecule has 0 unspecified atom stereocenters. The van der Waals surface area contributed by atoms with Gasteiger partial charge in [-0.3, -0.25) is 0 Å². The Morgan fingerprint density at radius 2 is 0.533 bits per heavy atom. The van der Waals surface area contributed by atoms with Crippen molar-refractivity contribution in [2.45, 2.75) is 6.92 Å². The molecule has 1 aliphatic rings. The number of allylic oxidation sites excluding steroid dienone is 6. The number of hydrogen-bond donors (Lipinski definition) is 0. The van der Waals surface area contributed by atoms with Gasteiger partial charge in [0, 0.05) is 22.3 Å². The molecule has 0 amide bonds. The van der Waals surface area contributed by atoms with Crippen LogP contribution >= 0.6 is 0 Å². The highest BCUT2D eigenvalue weighted by molar-refractivity contribution is 6.12. The van der Waals surface area contributed by atoms with Crippen LogP contribution in [0.25, 0.3) is 16.7 Å². The summed E-state index contributed by atoms with van der Waals surface area (Å²) in [5, 5.41) is 29.1. The topological polar surface area (TPSA) is 71.4 Å². The fourth-order valence-corrected chi connectivity index (χ4v) is 4.27. The fourth-order valence-electron chi connectivity index (χ4n) is 4.27. The summed E-state index contributed by atoms with van der Waals surface area (Å²) in [6.45, 7) is 0.516. The minimum atomic E-state index is -2.76. The SMILES string of the molecule is Cc1c(F)c(F)c(F)c(C(C#N)=C2C(=C(C#N)c3c(F)c(F)c(F)c(F)c3F)C2=C(C#N)c2c(F)c(F)c(F)c(F)c2F)c1F. The zero-order valence-corrected chi connectivity index (χ0v) is 21.1. The van der Waals surface area contributed by atoms with E-state index in [-0.39, 0.29) is 0 Å². The molecule has 0 atom stereocenters. The van der Waals surface area contributed by atoms with Gasteiger partial charge in [0.25, 0.3) is 0 Å². The van der Waals surface area contributed by atoms with Crippen molar-refractivity contribution < 1.29 is 61.5 Å². The van der Waals surface area contributed by atoms with Crippen LogP contribution in [0.3, 0.4) is 0 Å². The third-order valence-corrected chi connectivity index (χ3v) is 6.43. The van der Waals surface area contributed by atoms with Crippen molar-refractivity contribution in [3.8, 4) is 18.2 Å². The lowest BCUT2D eigenvalue weighted by molar-refractivity contribution is 0.376. The minimum absolute atomic E-state index is 0.516. The third kappa shape index (κ3) is 4.49. The first kappa shape index (κ1) is 32.3. The Morgan fingerprint density at radius 3 is 0.778 bits per heavy atom. The van der Waals surface area contributed by atoms with E-state index in [0.717, 1.165) is 18.2 Å². The van der Waals surface area contributed by atoms with Crippen molar-refractivity contribution in [1.29, 1.82) is 15.8 Å². The Bertz CT molecular complexity index is 1800. The molecule has 1 saturated carbocycles. The van der Waals surface area contributed by atoms with Crippen LogP contribution in [0.4, 0.5) is 61.5 Å². The molecule has 0 aromatic heterocycles. The van der Waals surface area contributed by atoms with Gasteiger partial charge in [-0.05, 0) is 6.92 Å². The van der Waals surface area contributed by atoms with E-state index in [4.69, 9.17) is 0 Å². The van der Waals surface area contributed by atoms with Crippen molar-refractivity contribution in [3.63, 3.8) is 0 Å². The molecule has 1 fully saturated rings. The number of rotatable bonds is 3. The van der Waals surface area contributed by atoms with Crippen molar-refractivity contribution in [1.82, 2.24) is 0 Å². The summed E-state index contributed by atoms with van der Waals surface area (Å²) < 4.78 is 200. The van der Waals surface area contributed by atoms with E-state index in [1.54, 1.807) is 0 Å². The molecular formula is C28H3F14N3. The van der Waals surface area contributed by atoms with Gasteiger partial charge in [-0.15, -0.1) is 0 Å². The average molecular weight is 647 g/mol. The van der Waals surface area contributed by atoms with Crippen LogP contribution in [0.1, 0.15) is 22.3 Å². The highest BCUT2D eigenvalue weighted by Crippen LogP contribution is 2.57. The number of nitriles is 3. The van der Waals surface area contributed by atoms with E-state index in [1.165, 1.54) is 0 Å². The molecule has 0 aliphatic heterocycles. The maximum absolute atomic E-state index is 15.0. The van der Waals surface area contributed by atoms with Crippen LogP contribution in [0.5, 0.6) is 0 Å². The molecular weight excluding hydrogens is 644 g/mol. The number of hydrogen-bond acceptors (Lipinski definition) is 3. The van der Waals surface area contributed by atoms with Crippen LogP contribution in [-0.2, 0) is 0 Å². The number of benzene rings is 3. The lowest BCUT2D eigenvalue weighted by Crippen LogP contribution is -2.07. The summed E-state index contributed by atoms with van der Waals surface area (Å²) in [4.78, 5) is 0. The first-order chi connectivity index (χ1) is 21.0. The Morgan fingerprint density at radius 1 is 0.333 bits per heavy atom. The second kappa shape index (κ2) is 11.1. The van der Waals surface area contributed by atoms with Crippen LogP contribution in [0.2, 0.25) is 0 Å². The van der Waals surface area contributed by atoms with Crippen LogP contribution < -0.4 is 0 Å². The van der Waals surface area contributed by atoms with Gasteiger partial charge in [0.05, 0.1) is 33.4 Å². The van der Waals surface area contributed by atoms with Gasteiger partial charge in [-0.25, -0.2) is 61.5 Å². The lowest BCUT2D eigenvalue weighted by Gasteiger charge is -2.09. The molecule has 0 spiro atoms. The van der Waals surface area contributed by atoms with Crippen LogP contribution in [0.15, 0.2) is 16.7 Å². The molecule has 0 bridgehead atoms. The predicted molar refractivity (Wildman–Crippen MR) is 121 cm³/mol. The molecule has 3 aromatic carbocycles. The first-order valence-electron chi connectivity index (χ1n) is 11.3. The summed E-state index contributed by atoms with van der Waals surface area (Å²) >= 11 is 0. The van der Waals surface area contributed by atoms with Gasteiger partial charge in [-0.2, -0.15) is 15.8 Å². The highest BCUT2D eigenvalue weighted by Gasteiger charge is 2.46. The quantitative estimate of drug-likeness (QED) is 0.125. The van der Waals surface area contributed by atoms with Crippen molar-refractivity contribution in [2.75, 3.05) is 0 Å². The van der Waals surface area contributed by atoms with E-state index in [9.17, 15) is 72.9 Å². The zero-order valence-electron chi connectivity index (χ0n) is 21.1. The summed E-state index contributed by atoms with van der Waals surface area (Å²) in [6.07, 6.45) is 0. The van der Waals surface area contributed by atoms with Crippen molar-refractivity contribution >= 4 is 16.7 Å². The standard InChI is InChI=1S/C28H3F14N3/c1-5-15(29)12(17(31)22(36)16(5)30)6(2-43)9-10(7(3-44)13-18(32)23(37)27(41)24(38)19(13)33)11(9)8(4-45)14-20(34)25(39)28(42)26(40)21(14)35/h1H3. The van der Waals surface area contributed by atoms with Gasteiger partial charge in [0.15, 0.2) is 64.0 Å². The molecule has 3 aromatic rings. The predicted octanol–water partition coefficient (Wildman–Crippen LogP) is 8.19. The molecule has 228 valence electrons. The Hall–Kier alpha value is -5.63. The zero-order chi connectivity index (χ0) is 34.0. The van der Waals surface area contributed by atoms with Crippen LogP contribution in [0, 0.1) is 122 Å². The molecule has 4 rings (SSSR count).